The number of amides is 3. The zero-order chi connectivity index (χ0) is 21.3. The van der Waals surface area contributed by atoms with E-state index in [-0.39, 0.29) is 11.9 Å². The highest BCUT2D eigenvalue weighted by Crippen LogP contribution is 2.23. The molecule has 3 N–H and O–H groups in total. The van der Waals surface area contributed by atoms with E-state index in [1.165, 1.54) is 0 Å². The second-order valence-corrected chi connectivity index (χ2v) is 7.83. The van der Waals surface area contributed by atoms with E-state index in [0.29, 0.717) is 30.1 Å². The minimum Gasteiger partial charge on any atom is -0.352 e. The number of rotatable bonds is 6. The summed E-state index contributed by atoms with van der Waals surface area (Å²) in [6.45, 7) is 2.57. The minimum atomic E-state index is -0.752. The van der Waals surface area contributed by atoms with Gasteiger partial charge in [0, 0.05) is 12.6 Å². The Labute approximate surface area is 177 Å². The molecule has 0 radical (unpaired) electrons. The first kappa shape index (κ1) is 21.6. The predicted molar refractivity (Wildman–Crippen MR) is 117 cm³/mol. The van der Waals surface area contributed by atoms with Gasteiger partial charge >= 0.3 is 11.8 Å². The molecule has 2 aromatic carbocycles. The maximum Gasteiger partial charge on any atom is 0.313 e. The number of para-hydroxylation sites is 1. The van der Waals surface area contributed by atoms with Crippen LogP contribution in [0.15, 0.2) is 54.6 Å². The Morgan fingerprint density at radius 2 is 1.60 bits per heavy atom. The molecule has 1 aliphatic carbocycles. The molecule has 0 saturated heterocycles. The van der Waals surface area contributed by atoms with E-state index in [0.717, 1.165) is 31.2 Å². The van der Waals surface area contributed by atoms with Gasteiger partial charge in [-0.15, -0.1) is 0 Å². The number of carbonyl (C=O) groups is 3. The van der Waals surface area contributed by atoms with Crippen LogP contribution in [-0.4, -0.2) is 30.3 Å². The van der Waals surface area contributed by atoms with E-state index < -0.39 is 11.8 Å². The first-order chi connectivity index (χ1) is 14.5. The fourth-order valence-electron chi connectivity index (χ4n) is 3.79. The molecule has 30 heavy (non-hydrogen) atoms. The Hall–Kier alpha value is -3.15. The van der Waals surface area contributed by atoms with Crippen molar-refractivity contribution in [2.45, 2.75) is 45.1 Å². The van der Waals surface area contributed by atoms with Gasteiger partial charge in [-0.1, -0.05) is 62.2 Å². The van der Waals surface area contributed by atoms with Crippen LogP contribution in [0, 0.1) is 5.92 Å². The van der Waals surface area contributed by atoms with E-state index in [4.69, 9.17) is 0 Å². The molecule has 3 rings (SSSR count). The lowest BCUT2D eigenvalue weighted by molar-refractivity contribution is -0.137. The summed E-state index contributed by atoms with van der Waals surface area (Å²) in [5, 5.41) is 8.30. The third-order valence-electron chi connectivity index (χ3n) is 5.60. The van der Waals surface area contributed by atoms with E-state index in [2.05, 4.69) is 22.9 Å². The number of benzene rings is 2. The smallest absolute Gasteiger partial charge is 0.313 e. The van der Waals surface area contributed by atoms with Crippen LogP contribution < -0.4 is 16.0 Å². The van der Waals surface area contributed by atoms with Crippen molar-refractivity contribution in [2.24, 2.45) is 5.92 Å². The molecular formula is C24H29N3O3. The van der Waals surface area contributed by atoms with Gasteiger partial charge in [-0.2, -0.15) is 0 Å². The van der Waals surface area contributed by atoms with Gasteiger partial charge in [0.2, 0.25) is 0 Å². The fraction of sp³-hybridized carbons (Fsp3) is 0.375. The van der Waals surface area contributed by atoms with E-state index in [9.17, 15) is 14.4 Å². The first-order valence-electron chi connectivity index (χ1n) is 10.6. The lowest BCUT2D eigenvalue weighted by atomic mass is 9.86. The highest BCUT2D eigenvalue weighted by atomic mass is 16.2. The topological polar surface area (TPSA) is 87.3 Å². The van der Waals surface area contributed by atoms with Crippen molar-refractivity contribution in [3.05, 3.63) is 65.7 Å². The molecular weight excluding hydrogens is 378 g/mol. The molecule has 2 aromatic rings. The van der Waals surface area contributed by atoms with Crippen LogP contribution in [-0.2, 0) is 16.0 Å². The van der Waals surface area contributed by atoms with Crippen LogP contribution in [0.1, 0.15) is 48.5 Å². The maximum atomic E-state index is 12.6. The molecule has 158 valence electrons. The van der Waals surface area contributed by atoms with Gasteiger partial charge in [0.1, 0.15) is 0 Å². The number of anilines is 1. The maximum absolute atomic E-state index is 12.6. The number of hydrogen-bond donors (Lipinski definition) is 3. The minimum absolute atomic E-state index is 0.0218. The molecule has 0 aromatic heterocycles. The van der Waals surface area contributed by atoms with Gasteiger partial charge in [-0.3, -0.25) is 14.4 Å². The van der Waals surface area contributed by atoms with Gasteiger partial charge in [0.25, 0.3) is 5.91 Å². The molecule has 1 fully saturated rings. The summed E-state index contributed by atoms with van der Waals surface area (Å²) < 4.78 is 0. The zero-order valence-corrected chi connectivity index (χ0v) is 17.3. The summed E-state index contributed by atoms with van der Waals surface area (Å²) in [7, 11) is 0. The largest absolute Gasteiger partial charge is 0.352 e. The van der Waals surface area contributed by atoms with Crippen molar-refractivity contribution >= 4 is 23.4 Å². The lowest BCUT2D eigenvalue weighted by Gasteiger charge is -2.29. The normalized spacial score (nSPS) is 18.3. The monoisotopic (exact) mass is 407 g/mol. The van der Waals surface area contributed by atoms with Crippen LogP contribution in [0.4, 0.5) is 5.69 Å². The molecule has 6 nitrogen and oxygen atoms in total. The predicted octanol–water partition coefficient (Wildman–Crippen LogP) is 3.29. The molecule has 0 unspecified atom stereocenters. The summed E-state index contributed by atoms with van der Waals surface area (Å²) in [5.41, 5.74) is 1.79. The molecule has 2 atom stereocenters. The SMILES string of the molecule is C[C@@H]1CCCC[C@@H]1NC(=O)C(=O)Nc1ccccc1C(=O)NCCc1ccccc1. The quantitative estimate of drug-likeness (QED) is 0.642. The summed E-state index contributed by atoms with van der Waals surface area (Å²) in [6, 6.07) is 16.6. The molecule has 0 spiro atoms. The number of carbonyl (C=O) groups excluding carboxylic acids is 3. The Morgan fingerprint density at radius 3 is 2.37 bits per heavy atom. The third-order valence-corrected chi connectivity index (χ3v) is 5.60. The van der Waals surface area contributed by atoms with E-state index in [1.807, 2.05) is 30.3 Å². The van der Waals surface area contributed by atoms with Gasteiger partial charge in [-0.25, -0.2) is 0 Å². The number of hydrogen-bond acceptors (Lipinski definition) is 3. The summed E-state index contributed by atoms with van der Waals surface area (Å²) in [4.78, 5) is 37.4. The van der Waals surface area contributed by atoms with Gasteiger partial charge in [0.15, 0.2) is 0 Å². The van der Waals surface area contributed by atoms with E-state index in [1.54, 1.807) is 24.3 Å². The van der Waals surface area contributed by atoms with E-state index >= 15 is 0 Å². The molecule has 0 heterocycles. The zero-order valence-electron chi connectivity index (χ0n) is 17.3. The molecule has 1 aliphatic rings. The van der Waals surface area contributed by atoms with Crippen LogP contribution in [0.2, 0.25) is 0 Å². The molecule has 3 amide bonds. The van der Waals surface area contributed by atoms with Crippen LogP contribution in [0.25, 0.3) is 0 Å². The Bertz CT molecular complexity index is 882. The van der Waals surface area contributed by atoms with Crippen molar-refractivity contribution in [1.29, 1.82) is 0 Å². The third kappa shape index (κ3) is 5.92. The van der Waals surface area contributed by atoms with Gasteiger partial charge in [-0.05, 0) is 42.9 Å². The van der Waals surface area contributed by atoms with Crippen LogP contribution in [0.3, 0.4) is 0 Å². The summed E-state index contributed by atoms with van der Waals surface area (Å²) >= 11 is 0. The first-order valence-corrected chi connectivity index (χ1v) is 10.6. The Balaban J connectivity index is 1.56. The average molecular weight is 408 g/mol. The highest BCUT2D eigenvalue weighted by molar-refractivity contribution is 6.40. The molecule has 0 aliphatic heterocycles. The summed E-state index contributed by atoms with van der Waals surface area (Å²) in [6.07, 6.45) is 4.87. The molecule has 0 bridgehead atoms. The Kier molecular flexibility index (Phi) is 7.60. The van der Waals surface area contributed by atoms with Crippen LogP contribution >= 0.6 is 0 Å². The number of nitrogens with one attached hydrogen (secondary N) is 3. The van der Waals surface area contributed by atoms with Crippen molar-refractivity contribution in [3.8, 4) is 0 Å². The van der Waals surface area contributed by atoms with Crippen LogP contribution in [0.5, 0.6) is 0 Å². The van der Waals surface area contributed by atoms with Crippen molar-refractivity contribution in [2.75, 3.05) is 11.9 Å². The van der Waals surface area contributed by atoms with Gasteiger partial charge in [0.05, 0.1) is 11.3 Å². The summed E-state index contributed by atoms with van der Waals surface area (Å²) in [5.74, 6) is -1.34. The Morgan fingerprint density at radius 1 is 0.900 bits per heavy atom. The second-order valence-electron chi connectivity index (χ2n) is 7.83. The molecule has 6 heteroatoms. The lowest BCUT2D eigenvalue weighted by Crippen LogP contribution is -2.46. The molecule has 1 saturated carbocycles. The highest BCUT2D eigenvalue weighted by Gasteiger charge is 2.26. The van der Waals surface area contributed by atoms with Crippen molar-refractivity contribution in [3.63, 3.8) is 0 Å². The second kappa shape index (κ2) is 10.6. The average Bonchev–Trinajstić information content (AvgIpc) is 2.76. The fourth-order valence-corrected chi connectivity index (χ4v) is 3.79. The van der Waals surface area contributed by atoms with Crippen molar-refractivity contribution in [1.82, 2.24) is 10.6 Å². The van der Waals surface area contributed by atoms with Crippen molar-refractivity contribution < 1.29 is 14.4 Å². The standard InChI is InChI=1S/C24H29N3O3/c1-17-9-5-7-13-20(17)26-23(29)24(30)27-21-14-8-6-12-19(21)22(28)25-16-15-18-10-3-2-4-11-18/h2-4,6,8,10-12,14,17,20H,5,7,9,13,15-16H2,1H3,(H,25,28)(H,26,29)(H,27,30)/t17-,20+/m1/s1. The van der Waals surface area contributed by atoms with Gasteiger partial charge < -0.3 is 16.0 Å².